The molecule has 1 aliphatic carbocycles. The molecule has 0 N–H and O–H groups in total. The molecule has 1 aromatic rings. The van der Waals surface area contributed by atoms with E-state index in [0.717, 1.165) is 0 Å². The summed E-state index contributed by atoms with van der Waals surface area (Å²) in [5.74, 6) is 0.620. The molecular formula is C19H26. The summed E-state index contributed by atoms with van der Waals surface area (Å²) in [6.45, 7) is 9.24. The fourth-order valence-electron chi connectivity index (χ4n) is 3.26. The molecule has 0 bridgehead atoms. The Balaban J connectivity index is 2.44. The van der Waals surface area contributed by atoms with Gasteiger partial charge in [0.05, 0.1) is 0 Å². The predicted octanol–water partition coefficient (Wildman–Crippen LogP) is 6.01. The Morgan fingerprint density at radius 3 is 2.37 bits per heavy atom. The molecule has 0 unspecified atom stereocenters. The summed E-state index contributed by atoms with van der Waals surface area (Å²) in [4.78, 5) is 0. The second kappa shape index (κ2) is 6.23. The van der Waals surface area contributed by atoms with Crippen LogP contribution in [0.15, 0.2) is 47.1 Å². The zero-order valence-corrected chi connectivity index (χ0v) is 12.8. The zero-order chi connectivity index (χ0) is 13.8. The van der Waals surface area contributed by atoms with Crippen LogP contribution < -0.4 is 0 Å². The summed E-state index contributed by atoms with van der Waals surface area (Å²) in [5.41, 5.74) is 7.81. The highest BCUT2D eigenvalue weighted by Gasteiger charge is 2.24. The van der Waals surface area contributed by atoms with Gasteiger partial charge in [0.25, 0.3) is 0 Å². The Labute approximate surface area is 118 Å². The van der Waals surface area contributed by atoms with Gasteiger partial charge in [0.15, 0.2) is 0 Å². The highest BCUT2D eigenvalue weighted by Crippen LogP contribution is 2.43. The van der Waals surface area contributed by atoms with Crippen LogP contribution in [0.5, 0.6) is 0 Å². The minimum atomic E-state index is 0.620. The molecule has 2 rings (SSSR count). The third-order valence-electron chi connectivity index (χ3n) is 4.03. The van der Waals surface area contributed by atoms with Gasteiger partial charge >= 0.3 is 0 Å². The summed E-state index contributed by atoms with van der Waals surface area (Å²) < 4.78 is 0. The maximum Gasteiger partial charge on any atom is -0.00957 e. The van der Waals surface area contributed by atoms with Gasteiger partial charge in [-0.25, -0.2) is 0 Å². The Hall–Kier alpha value is -1.30. The van der Waals surface area contributed by atoms with Crippen molar-refractivity contribution < 1.29 is 0 Å². The maximum absolute atomic E-state index is 2.32. The second-order valence-corrected chi connectivity index (χ2v) is 5.97. The molecule has 0 aliphatic heterocycles. The maximum atomic E-state index is 2.32. The van der Waals surface area contributed by atoms with Crippen LogP contribution in [-0.2, 0) is 0 Å². The second-order valence-electron chi connectivity index (χ2n) is 5.97. The van der Waals surface area contributed by atoms with Gasteiger partial charge in [0.2, 0.25) is 0 Å². The van der Waals surface area contributed by atoms with Gasteiger partial charge in [0.1, 0.15) is 0 Å². The quantitative estimate of drug-likeness (QED) is 0.604. The van der Waals surface area contributed by atoms with E-state index in [2.05, 4.69) is 58.0 Å². The van der Waals surface area contributed by atoms with E-state index in [0.29, 0.717) is 5.92 Å². The minimum Gasteiger partial charge on any atom is -0.0654 e. The third-order valence-corrected chi connectivity index (χ3v) is 4.03. The number of rotatable bonds is 5. The predicted molar refractivity (Wildman–Crippen MR) is 85.0 cm³/mol. The van der Waals surface area contributed by atoms with E-state index in [9.17, 15) is 0 Å². The number of allylic oxidation sites excluding steroid dienone is 4. The molecule has 1 aliphatic rings. The Morgan fingerprint density at radius 1 is 1.11 bits per heavy atom. The largest absolute Gasteiger partial charge is 0.0654 e. The number of hydrogen-bond donors (Lipinski definition) is 0. The van der Waals surface area contributed by atoms with Gasteiger partial charge in [-0.05, 0) is 48.8 Å². The van der Waals surface area contributed by atoms with Gasteiger partial charge in [0, 0.05) is 0 Å². The molecule has 0 fully saturated rings. The van der Waals surface area contributed by atoms with Crippen LogP contribution in [0.2, 0.25) is 0 Å². The molecule has 0 nitrogen and oxygen atoms in total. The molecule has 0 aromatic heterocycles. The summed E-state index contributed by atoms with van der Waals surface area (Å²) >= 11 is 0. The van der Waals surface area contributed by atoms with Gasteiger partial charge in [-0.3, -0.25) is 0 Å². The molecule has 0 heterocycles. The molecule has 0 saturated carbocycles. The SMILES string of the molecule is CCCCC1=C(c2ccccc2)C(C(C)C)=C(C)C1. The monoisotopic (exact) mass is 254 g/mol. The van der Waals surface area contributed by atoms with Crippen LogP contribution in [0, 0.1) is 5.92 Å². The average molecular weight is 254 g/mol. The van der Waals surface area contributed by atoms with Crippen molar-refractivity contribution >= 4 is 5.57 Å². The van der Waals surface area contributed by atoms with E-state index < -0.39 is 0 Å². The fraction of sp³-hybridized carbons (Fsp3) is 0.474. The lowest BCUT2D eigenvalue weighted by Gasteiger charge is -2.16. The summed E-state index contributed by atoms with van der Waals surface area (Å²) in [6, 6.07) is 11.0. The van der Waals surface area contributed by atoms with E-state index in [-0.39, 0.29) is 0 Å². The third kappa shape index (κ3) is 3.00. The molecule has 19 heavy (non-hydrogen) atoms. The van der Waals surface area contributed by atoms with Crippen molar-refractivity contribution in [2.45, 2.75) is 53.4 Å². The molecule has 0 spiro atoms. The molecule has 1 aromatic carbocycles. The van der Waals surface area contributed by atoms with Crippen LogP contribution in [-0.4, -0.2) is 0 Å². The van der Waals surface area contributed by atoms with Crippen LogP contribution in [0.25, 0.3) is 5.57 Å². The van der Waals surface area contributed by atoms with Crippen molar-refractivity contribution in [3.8, 4) is 0 Å². The van der Waals surface area contributed by atoms with Crippen molar-refractivity contribution in [2.24, 2.45) is 5.92 Å². The van der Waals surface area contributed by atoms with E-state index in [1.54, 1.807) is 22.3 Å². The number of benzene rings is 1. The van der Waals surface area contributed by atoms with Crippen LogP contribution in [0.4, 0.5) is 0 Å². The van der Waals surface area contributed by atoms with Gasteiger partial charge in [-0.1, -0.05) is 68.7 Å². The molecule has 0 saturated heterocycles. The lowest BCUT2D eigenvalue weighted by Crippen LogP contribution is -1.98. The molecule has 0 atom stereocenters. The standard InChI is InChI=1S/C19H26/c1-5-6-10-17-13-15(4)18(14(2)3)19(17)16-11-8-7-9-12-16/h7-9,11-12,14H,5-6,10,13H2,1-4H3. The molecule has 0 heteroatoms. The molecule has 0 amide bonds. The topological polar surface area (TPSA) is 0 Å². The Morgan fingerprint density at radius 2 is 1.79 bits per heavy atom. The number of hydrogen-bond acceptors (Lipinski definition) is 0. The molecule has 0 radical (unpaired) electrons. The van der Waals surface area contributed by atoms with E-state index >= 15 is 0 Å². The number of unbranched alkanes of at least 4 members (excludes halogenated alkanes) is 1. The van der Waals surface area contributed by atoms with Gasteiger partial charge in [-0.15, -0.1) is 0 Å². The van der Waals surface area contributed by atoms with E-state index in [1.165, 1.54) is 31.2 Å². The first kappa shape index (κ1) is 14.1. The summed E-state index contributed by atoms with van der Waals surface area (Å²) in [6.07, 6.45) is 5.04. The zero-order valence-electron chi connectivity index (χ0n) is 12.8. The van der Waals surface area contributed by atoms with E-state index in [4.69, 9.17) is 0 Å². The van der Waals surface area contributed by atoms with Gasteiger partial charge in [-0.2, -0.15) is 0 Å². The summed E-state index contributed by atoms with van der Waals surface area (Å²) in [5, 5.41) is 0. The van der Waals surface area contributed by atoms with Crippen LogP contribution >= 0.6 is 0 Å². The molecular weight excluding hydrogens is 228 g/mol. The van der Waals surface area contributed by atoms with Crippen molar-refractivity contribution in [3.05, 3.63) is 52.6 Å². The van der Waals surface area contributed by atoms with E-state index in [1.807, 2.05) is 0 Å². The highest BCUT2D eigenvalue weighted by atomic mass is 14.3. The minimum absolute atomic E-state index is 0.620. The first-order valence-electron chi connectivity index (χ1n) is 7.62. The lowest BCUT2D eigenvalue weighted by molar-refractivity contribution is 0.776. The summed E-state index contributed by atoms with van der Waals surface area (Å²) in [7, 11) is 0. The van der Waals surface area contributed by atoms with Crippen molar-refractivity contribution in [1.82, 2.24) is 0 Å². The van der Waals surface area contributed by atoms with Crippen molar-refractivity contribution in [2.75, 3.05) is 0 Å². The van der Waals surface area contributed by atoms with Crippen LogP contribution in [0.3, 0.4) is 0 Å². The normalized spacial score (nSPS) is 15.8. The van der Waals surface area contributed by atoms with Gasteiger partial charge < -0.3 is 0 Å². The smallest absolute Gasteiger partial charge is 0.00957 e. The first-order chi connectivity index (χ1) is 9.15. The average Bonchev–Trinajstić information content (AvgIpc) is 2.74. The van der Waals surface area contributed by atoms with Crippen LogP contribution in [0.1, 0.15) is 58.9 Å². The van der Waals surface area contributed by atoms with Crippen molar-refractivity contribution in [3.63, 3.8) is 0 Å². The first-order valence-corrected chi connectivity index (χ1v) is 7.62. The Kier molecular flexibility index (Phi) is 4.63. The molecule has 102 valence electrons. The fourth-order valence-corrected chi connectivity index (χ4v) is 3.26. The Bertz CT molecular complexity index is 486. The lowest BCUT2D eigenvalue weighted by atomic mass is 9.89. The van der Waals surface area contributed by atoms with Crippen molar-refractivity contribution in [1.29, 1.82) is 0 Å². The highest BCUT2D eigenvalue weighted by molar-refractivity contribution is 5.85.